The van der Waals surface area contributed by atoms with E-state index in [9.17, 15) is 15.3 Å². The van der Waals surface area contributed by atoms with Gasteiger partial charge in [-0.15, -0.1) is 0 Å². The summed E-state index contributed by atoms with van der Waals surface area (Å²) in [7, 11) is 5.01. The van der Waals surface area contributed by atoms with E-state index in [4.69, 9.17) is 18.9 Å². The lowest BCUT2D eigenvalue weighted by molar-refractivity contribution is -0.318. The molecule has 0 unspecified atom stereocenters. The molecule has 174 valence electrons. The number of hydrogen-bond acceptors (Lipinski definition) is 8. The van der Waals surface area contributed by atoms with Crippen LogP contribution in [0.4, 0.5) is 0 Å². The fourth-order valence-electron chi connectivity index (χ4n) is 10.7. The number of piperidine rings is 1. The van der Waals surface area contributed by atoms with Crippen molar-refractivity contribution in [1.82, 2.24) is 4.90 Å². The Labute approximate surface area is 182 Å². The average molecular weight is 438 g/mol. The van der Waals surface area contributed by atoms with Crippen LogP contribution in [0.3, 0.4) is 0 Å². The molecule has 31 heavy (non-hydrogen) atoms. The van der Waals surface area contributed by atoms with Gasteiger partial charge >= 0.3 is 0 Å². The molecular formula is C23H35NO7. The number of aliphatic hydroxyl groups is 3. The first kappa shape index (κ1) is 20.1. The smallest absolute Gasteiger partial charge is 0.136 e. The van der Waals surface area contributed by atoms with E-state index in [-0.39, 0.29) is 41.9 Å². The number of hydrogen-bond donors (Lipinski definition) is 3. The molecule has 8 heteroatoms. The van der Waals surface area contributed by atoms with Crippen LogP contribution in [0.5, 0.6) is 0 Å². The Morgan fingerprint density at radius 1 is 1.13 bits per heavy atom. The van der Waals surface area contributed by atoms with Crippen LogP contribution in [-0.2, 0) is 18.9 Å². The summed E-state index contributed by atoms with van der Waals surface area (Å²) < 4.78 is 24.8. The minimum Gasteiger partial charge on any atom is -0.392 e. The van der Waals surface area contributed by atoms with E-state index in [1.165, 1.54) is 0 Å². The van der Waals surface area contributed by atoms with Gasteiger partial charge in [-0.2, -0.15) is 0 Å². The first-order valence-corrected chi connectivity index (χ1v) is 11.9. The van der Waals surface area contributed by atoms with Crippen molar-refractivity contribution in [2.45, 2.75) is 79.6 Å². The maximum atomic E-state index is 12.9. The van der Waals surface area contributed by atoms with Gasteiger partial charge in [-0.3, -0.25) is 4.90 Å². The second kappa shape index (κ2) is 5.66. The van der Waals surface area contributed by atoms with Crippen LogP contribution in [0.2, 0.25) is 0 Å². The molecule has 8 nitrogen and oxygen atoms in total. The van der Waals surface area contributed by atoms with Crippen molar-refractivity contribution < 1.29 is 34.3 Å². The number of fused-ring (bicyclic) bond motifs is 2. The fraction of sp³-hybridized carbons (Fsp3) is 1.00. The molecule has 5 aliphatic carbocycles. The van der Waals surface area contributed by atoms with Crippen LogP contribution in [0.25, 0.3) is 0 Å². The summed E-state index contributed by atoms with van der Waals surface area (Å²) in [6.07, 6.45) is -0.121. The number of rotatable bonds is 4. The number of likely N-dealkylation sites (tertiary alicyclic amines) is 1. The Hall–Kier alpha value is -0.320. The molecule has 7 bridgehead atoms. The summed E-state index contributed by atoms with van der Waals surface area (Å²) in [4.78, 5) is 2.33. The van der Waals surface area contributed by atoms with E-state index in [1.54, 1.807) is 21.3 Å². The highest BCUT2D eigenvalue weighted by atomic mass is 16.6. The molecule has 0 amide bonds. The molecule has 2 saturated heterocycles. The molecule has 2 aliphatic heterocycles. The van der Waals surface area contributed by atoms with Crippen molar-refractivity contribution >= 4 is 0 Å². The molecule has 14 atom stereocenters. The Balaban J connectivity index is 1.56. The molecule has 7 fully saturated rings. The molecule has 2 spiro atoms. The van der Waals surface area contributed by atoms with Gasteiger partial charge in [0.05, 0.1) is 36.6 Å². The minimum absolute atomic E-state index is 0.000840. The Bertz CT molecular complexity index is 828. The highest BCUT2D eigenvalue weighted by Gasteiger charge is 2.95. The first-order chi connectivity index (χ1) is 14.8. The van der Waals surface area contributed by atoms with Crippen LogP contribution < -0.4 is 0 Å². The largest absolute Gasteiger partial charge is 0.392 e. The van der Waals surface area contributed by atoms with Gasteiger partial charge in [0.15, 0.2) is 0 Å². The molecule has 0 radical (unpaired) electrons. The Morgan fingerprint density at radius 3 is 2.55 bits per heavy atom. The van der Waals surface area contributed by atoms with Crippen LogP contribution in [0.15, 0.2) is 0 Å². The molecule has 0 aromatic heterocycles. The number of aliphatic hydroxyl groups excluding tert-OH is 2. The molecule has 7 rings (SSSR count). The summed E-state index contributed by atoms with van der Waals surface area (Å²) in [5.74, 6) is -0.393. The summed E-state index contributed by atoms with van der Waals surface area (Å²) in [5.41, 5.74) is -3.39. The number of epoxide rings is 1. The Kier molecular flexibility index (Phi) is 3.67. The van der Waals surface area contributed by atoms with E-state index >= 15 is 0 Å². The number of nitrogens with zero attached hydrogens (tertiary/aromatic N) is 1. The van der Waals surface area contributed by atoms with Crippen molar-refractivity contribution in [2.75, 3.05) is 34.4 Å². The molecule has 0 aromatic rings. The number of likely N-dealkylation sites (N-methyl/N-ethyl adjacent to an activating group) is 1. The predicted molar refractivity (Wildman–Crippen MR) is 107 cm³/mol. The zero-order valence-electron chi connectivity index (χ0n) is 18.7. The van der Waals surface area contributed by atoms with Crippen molar-refractivity contribution in [3.8, 4) is 0 Å². The van der Waals surface area contributed by atoms with E-state index in [1.807, 2.05) is 0 Å². The van der Waals surface area contributed by atoms with E-state index < -0.39 is 40.5 Å². The second-order valence-corrected chi connectivity index (χ2v) is 11.3. The van der Waals surface area contributed by atoms with Crippen LogP contribution >= 0.6 is 0 Å². The second-order valence-electron chi connectivity index (χ2n) is 11.3. The third kappa shape index (κ3) is 1.67. The maximum Gasteiger partial charge on any atom is 0.136 e. The van der Waals surface area contributed by atoms with Gasteiger partial charge in [-0.25, -0.2) is 0 Å². The zero-order valence-corrected chi connectivity index (χ0v) is 18.7. The summed E-state index contributed by atoms with van der Waals surface area (Å²) >= 11 is 0. The lowest BCUT2D eigenvalue weighted by Crippen LogP contribution is -2.82. The van der Waals surface area contributed by atoms with E-state index in [0.29, 0.717) is 12.8 Å². The summed E-state index contributed by atoms with van der Waals surface area (Å²) in [5, 5.41) is 36.3. The summed E-state index contributed by atoms with van der Waals surface area (Å²) in [6.45, 7) is 3.61. The summed E-state index contributed by atoms with van der Waals surface area (Å²) in [6, 6.07) is -0.312. The standard InChI is InChI=1S/C23H35NO7/c1-5-24-9-20-14(31-20)7-13(25)22-11-6-10-12(28-2)8-21(30-4,15(11)16(10)26)23(27,19(22)24)18(29-3)17(20)22/h10-19,25-27H,5-9H2,1-4H3/t10-,11-,12+,13+,14+,15-,16+,17-,18+,19-,20+,21-,22+,23+/m1/s1. The lowest BCUT2D eigenvalue weighted by atomic mass is 9.45. The fourth-order valence-corrected chi connectivity index (χ4v) is 10.7. The topological polar surface area (TPSA) is 104 Å². The highest BCUT2D eigenvalue weighted by Crippen LogP contribution is 2.81. The average Bonchev–Trinajstić information content (AvgIpc) is 3.31. The van der Waals surface area contributed by atoms with Gasteiger partial charge in [0.2, 0.25) is 0 Å². The van der Waals surface area contributed by atoms with Crippen molar-refractivity contribution in [2.24, 2.45) is 29.1 Å². The highest BCUT2D eigenvalue weighted by molar-refractivity contribution is 5.44. The molecule has 5 saturated carbocycles. The monoisotopic (exact) mass is 437 g/mol. The first-order valence-electron chi connectivity index (χ1n) is 11.9. The van der Waals surface area contributed by atoms with Gasteiger partial charge in [0.25, 0.3) is 0 Å². The van der Waals surface area contributed by atoms with Gasteiger partial charge in [0.1, 0.15) is 16.8 Å². The van der Waals surface area contributed by atoms with Gasteiger partial charge in [-0.05, 0) is 18.9 Å². The molecular weight excluding hydrogens is 402 g/mol. The minimum atomic E-state index is -1.39. The van der Waals surface area contributed by atoms with Crippen LogP contribution in [0.1, 0.15) is 26.2 Å². The van der Waals surface area contributed by atoms with Gasteiger partial charge in [-0.1, -0.05) is 6.92 Å². The van der Waals surface area contributed by atoms with E-state index in [0.717, 1.165) is 19.5 Å². The number of methoxy groups -OCH3 is 3. The third-order valence-electron chi connectivity index (χ3n) is 11.3. The SMILES string of the molecule is CCN1C[C@]23O[C@H]2C[C@H](O)[C@]24[C@@H]5C[C@H]6[C@H](O)[C@@H]5[C@](OC)(C[C@@H]6OC)[C@@](O)([C@H]12)[C@@H](OC)[C@H]34. The van der Waals surface area contributed by atoms with Crippen molar-refractivity contribution in [3.05, 3.63) is 0 Å². The predicted octanol–water partition coefficient (Wildman–Crippen LogP) is -0.614. The molecule has 3 N–H and O–H groups in total. The van der Waals surface area contributed by atoms with Gasteiger partial charge < -0.3 is 34.3 Å². The van der Waals surface area contributed by atoms with Crippen molar-refractivity contribution in [3.63, 3.8) is 0 Å². The van der Waals surface area contributed by atoms with E-state index in [2.05, 4.69) is 11.8 Å². The third-order valence-corrected chi connectivity index (χ3v) is 11.3. The Morgan fingerprint density at radius 2 is 1.90 bits per heavy atom. The molecule has 0 aromatic carbocycles. The normalized spacial score (nSPS) is 67.5. The molecule has 2 heterocycles. The van der Waals surface area contributed by atoms with Crippen LogP contribution in [0, 0.1) is 29.1 Å². The quantitative estimate of drug-likeness (QED) is 0.501. The number of ether oxygens (including phenoxy) is 4. The van der Waals surface area contributed by atoms with Crippen LogP contribution in [-0.4, -0.2) is 108 Å². The zero-order chi connectivity index (χ0) is 21.7. The maximum absolute atomic E-state index is 12.9. The lowest BCUT2D eigenvalue weighted by Gasteiger charge is -2.67. The molecule has 7 aliphatic rings. The van der Waals surface area contributed by atoms with Gasteiger partial charge in [0, 0.05) is 63.9 Å². The van der Waals surface area contributed by atoms with Crippen molar-refractivity contribution in [1.29, 1.82) is 0 Å².